The third-order valence-corrected chi connectivity index (χ3v) is 8.46. The first-order valence-electron chi connectivity index (χ1n) is 14.4. The van der Waals surface area contributed by atoms with Crippen LogP contribution in [0.3, 0.4) is 0 Å². The number of hydrogen-bond acceptors (Lipinski definition) is 6. The van der Waals surface area contributed by atoms with E-state index in [0.717, 1.165) is 22.3 Å². The third kappa shape index (κ3) is 9.10. The van der Waals surface area contributed by atoms with Gasteiger partial charge < -0.3 is 19.7 Å². The predicted octanol–water partition coefficient (Wildman–Crippen LogP) is 10.2. The Morgan fingerprint density at radius 3 is 1.52 bits per heavy atom. The number of phenolic OH excluding ortho intramolecular Hbond substituents is 2. The topological polar surface area (TPSA) is 93.1 Å². The number of ether oxygens (including phenoxy) is 2. The van der Waals surface area contributed by atoms with Crippen LogP contribution >= 0.6 is 46.4 Å². The maximum Gasteiger partial charge on any atom is 0.338 e. The van der Waals surface area contributed by atoms with Crippen LogP contribution in [0.15, 0.2) is 72.8 Å². The van der Waals surface area contributed by atoms with Gasteiger partial charge in [0.15, 0.2) is 11.5 Å². The molecular formula is C36H34Cl4O6. The van der Waals surface area contributed by atoms with Gasteiger partial charge >= 0.3 is 11.9 Å². The summed E-state index contributed by atoms with van der Waals surface area (Å²) in [6, 6.07) is 21.6. The van der Waals surface area contributed by atoms with Gasteiger partial charge in [-0.3, -0.25) is 0 Å². The van der Waals surface area contributed by atoms with Crippen molar-refractivity contribution in [2.75, 3.05) is 13.2 Å². The lowest BCUT2D eigenvalue weighted by Crippen LogP contribution is -2.25. The lowest BCUT2D eigenvalue weighted by Gasteiger charge is -2.27. The Morgan fingerprint density at radius 1 is 0.630 bits per heavy atom. The van der Waals surface area contributed by atoms with Gasteiger partial charge in [-0.25, -0.2) is 9.59 Å². The monoisotopic (exact) mass is 702 g/mol. The van der Waals surface area contributed by atoms with Crippen LogP contribution in [0.1, 0.15) is 59.5 Å². The van der Waals surface area contributed by atoms with E-state index in [4.69, 9.17) is 55.9 Å². The number of hydrogen-bond donors (Lipinski definition) is 2. The molecule has 0 fully saturated rings. The number of carbonyl (C=O) groups excluding carboxylic acids is 2. The van der Waals surface area contributed by atoms with Crippen molar-refractivity contribution >= 4 is 58.3 Å². The van der Waals surface area contributed by atoms with Gasteiger partial charge in [0.05, 0.1) is 44.4 Å². The highest BCUT2D eigenvalue weighted by atomic mass is 35.5. The molecule has 0 aliphatic rings. The molecule has 0 bridgehead atoms. The highest BCUT2D eigenvalue weighted by Gasteiger charge is 2.26. The predicted molar refractivity (Wildman–Crippen MR) is 184 cm³/mol. The fourth-order valence-corrected chi connectivity index (χ4v) is 5.97. The van der Waals surface area contributed by atoms with Crippen LogP contribution in [-0.2, 0) is 22.3 Å². The summed E-state index contributed by atoms with van der Waals surface area (Å²) in [5, 5.41) is 19.5. The molecular weight excluding hydrogens is 670 g/mol. The first-order valence-corrected chi connectivity index (χ1v) is 15.9. The van der Waals surface area contributed by atoms with Crippen molar-refractivity contribution in [1.82, 2.24) is 0 Å². The average molecular weight is 704 g/mol. The van der Waals surface area contributed by atoms with E-state index >= 15 is 0 Å². The van der Waals surface area contributed by atoms with Crippen molar-refractivity contribution in [3.63, 3.8) is 0 Å². The van der Waals surface area contributed by atoms with Gasteiger partial charge in [-0.05, 0) is 59.4 Å². The quantitative estimate of drug-likeness (QED) is 0.151. The van der Waals surface area contributed by atoms with E-state index < -0.39 is 22.8 Å². The average Bonchev–Trinajstić information content (AvgIpc) is 3.00. The normalized spacial score (nSPS) is 11.7. The molecule has 0 aromatic heterocycles. The molecule has 0 spiro atoms. The standard InChI is InChI=1S/C36H34Cl4O6/c1-35(2,19-45-33(43)24-13-27(37)31(41)28(38)14-24)17-21-10-11-23(26(12-21)22-8-6-5-7-9-22)18-36(3,4)20-46-34(44)25-15-29(39)32(42)30(40)16-25/h5-16,41-42H,17-20H2,1-4H3. The summed E-state index contributed by atoms with van der Waals surface area (Å²) >= 11 is 23.9. The summed E-state index contributed by atoms with van der Waals surface area (Å²) in [4.78, 5) is 25.5. The molecule has 46 heavy (non-hydrogen) atoms. The van der Waals surface area contributed by atoms with Crippen molar-refractivity contribution in [3.05, 3.63) is 115 Å². The molecule has 2 N–H and O–H groups in total. The Balaban J connectivity index is 1.48. The molecule has 10 heteroatoms. The number of halogens is 4. The molecule has 0 aliphatic heterocycles. The molecule has 4 aromatic carbocycles. The smallest absolute Gasteiger partial charge is 0.338 e. The van der Waals surface area contributed by atoms with E-state index in [0.29, 0.717) is 12.8 Å². The van der Waals surface area contributed by atoms with E-state index in [-0.39, 0.29) is 55.9 Å². The number of phenols is 2. The second-order valence-corrected chi connectivity index (χ2v) is 14.4. The van der Waals surface area contributed by atoms with Gasteiger partial charge in [-0.15, -0.1) is 0 Å². The van der Waals surface area contributed by atoms with Crippen LogP contribution in [0, 0.1) is 10.8 Å². The molecule has 4 rings (SSSR count). The third-order valence-electron chi connectivity index (χ3n) is 7.30. The Hall–Kier alpha value is -3.42. The van der Waals surface area contributed by atoms with E-state index in [1.807, 2.05) is 45.9 Å². The molecule has 0 radical (unpaired) electrons. The molecule has 6 nitrogen and oxygen atoms in total. The first kappa shape index (κ1) is 35.4. The van der Waals surface area contributed by atoms with Crippen molar-refractivity contribution in [3.8, 4) is 22.6 Å². The largest absolute Gasteiger partial charge is 0.505 e. The highest BCUT2D eigenvalue weighted by molar-refractivity contribution is 6.38. The Labute approximate surface area is 288 Å². The summed E-state index contributed by atoms with van der Waals surface area (Å²) in [6.45, 7) is 8.34. The van der Waals surface area contributed by atoms with E-state index in [2.05, 4.69) is 30.3 Å². The van der Waals surface area contributed by atoms with Gasteiger partial charge in [-0.2, -0.15) is 0 Å². The SMILES string of the molecule is CC(C)(COC(=O)c1cc(Cl)c(O)c(Cl)c1)Cc1ccc(CC(C)(C)COC(=O)c2cc(Cl)c(O)c(Cl)c2)c(-c2ccccc2)c1. The number of benzene rings is 4. The van der Waals surface area contributed by atoms with Gasteiger partial charge in [0.2, 0.25) is 0 Å². The Kier molecular flexibility index (Phi) is 11.2. The maximum atomic E-state index is 12.8. The van der Waals surface area contributed by atoms with Crippen molar-refractivity contribution in [2.24, 2.45) is 10.8 Å². The van der Waals surface area contributed by atoms with E-state index in [1.165, 1.54) is 24.3 Å². The minimum atomic E-state index is -0.588. The van der Waals surface area contributed by atoms with Gasteiger partial charge in [0, 0.05) is 10.8 Å². The second kappa shape index (κ2) is 14.6. The fraction of sp³-hybridized carbons (Fsp3) is 0.278. The van der Waals surface area contributed by atoms with Crippen molar-refractivity contribution in [1.29, 1.82) is 0 Å². The van der Waals surface area contributed by atoms with Crippen LogP contribution < -0.4 is 0 Å². The van der Waals surface area contributed by atoms with Gasteiger partial charge in [0.1, 0.15) is 0 Å². The van der Waals surface area contributed by atoms with E-state index in [1.54, 1.807) is 0 Å². The van der Waals surface area contributed by atoms with Crippen molar-refractivity contribution < 1.29 is 29.3 Å². The lowest BCUT2D eigenvalue weighted by atomic mass is 9.81. The van der Waals surface area contributed by atoms with Crippen LogP contribution in [0.2, 0.25) is 20.1 Å². The summed E-state index contributed by atoms with van der Waals surface area (Å²) in [5.41, 5.74) is 3.70. The maximum absolute atomic E-state index is 12.8. The minimum absolute atomic E-state index is 0.0271. The number of rotatable bonds is 11. The highest BCUT2D eigenvalue weighted by Crippen LogP contribution is 2.36. The summed E-state index contributed by atoms with van der Waals surface area (Å²) in [7, 11) is 0. The minimum Gasteiger partial charge on any atom is -0.505 e. The molecule has 0 saturated carbocycles. The Bertz CT molecular complexity index is 1710. The van der Waals surface area contributed by atoms with Crippen LogP contribution in [0.5, 0.6) is 11.5 Å². The Morgan fingerprint density at radius 2 is 1.07 bits per heavy atom. The zero-order valence-electron chi connectivity index (χ0n) is 25.8. The van der Waals surface area contributed by atoms with E-state index in [9.17, 15) is 19.8 Å². The van der Waals surface area contributed by atoms with Crippen LogP contribution in [-0.4, -0.2) is 35.4 Å². The van der Waals surface area contributed by atoms with Gasteiger partial charge in [0.25, 0.3) is 0 Å². The lowest BCUT2D eigenvalue weighted by molar-refractivity contribution is 0.0334. The van der Waals surface area contributed by atoms with Crippen LogP contribution in [0.4, 0.5) is 0 Å². The molecule has 242 valence electrons. The molecule has 0 atom stereocenters. The first-order chi connectivity index (χ1) is 21.5. The molecule has 0 aliphatic carbocycles. The molecule has 0 unspecified atom stereocenters. The molecule has 0 heterocycles. The fourth-order valence-electron chi connectivity index (χ4n) is 5.00. The molecule has 0 saturated heterocycles. The second-order valence-electron chi connectivity index (χ2n) is 12.8. The molecule has 0 amide bonds. The van der Waals surface area contributed by atoms with Crippen molar-refractivity contribution in [2.45, 2.75) is 40.5 Å². The van der Waals surface area contributed by atoms with Gasteiger partial charge in [-0.1, -0.05) is 123 Å². The zero-order valence-corrected chi connectivity index (χ0v) is 28.8. The number of aromatic hydroxyl groups is 2. The summed E-state index contributed by atoms with van der Waals surface area (Å²) in [6.07, 6.45) is 1.23. The zero-order chi connectivity index (χ0) is 33.8. The summed E-state index contributed by atoms with van der Waals surface area (Å²) in [5.74, 6) is -1.75. The molecule has 4 aromatic rings. The number of carbonyl (C=O) groups is 2. The van der Waals surface area contributed by atoms with Crippen LogP contribution in [0.25, 0.3) is 11.1 Å². The number of esters is 2. The summed E-state index contributed by atoms with van der Waals surface area (Å²) < 4.78 is 11.3.